The van der Waals surface area contributed by atoms with Gasteiger partial charge in [-0.2, -0.15) is 20.2 Å². The number of thioether (sulfide) groups is 2. The summed E-state index contributed by atoms with van der Waals surface area (Å²) in [4.78, 5) is 40.5. The molecule has 2 N–H and O–H groups in total. The lowest BCUT2D eigenvalue weighted by molar-refractivity contribution is -0.137. The molecule has 3 amide bonds. The summed E-state index contributed by atoms with van der Waals surface area (Å²) in [6.07, 6.45) is 5.36. The average Bonchev–Trinajstić information content (AvgIpc) is 3.41. The van der Waals surface area contributed by atoms with Crippen molar-refractivity contribution in [1.82, 2.24) is 10.2 Å². The minimum Gasteiger partial charge on any atom is -0.355 e. The summed E-state index contributed by atoms with van der Waals surface area (Å²) in [7, 11) is -4.05. The number of nitrogens with one attached hydrogen (secondary N) is 1. The van der Waals surface area contributed by atoms with Crippen molar-refractivity contribution in [3.8, 4) is 0 Å². The fourth-order valence-electron chi connectivity index (χ4n) is 5.87. The summed E-state index contributed by atoms with van der Waals surface area (Å²) in [6, 6.07) is 27.1. The summed E-state index contributed by atoms with van der Waals surface area (Å²) < 4.78 is 32.2. The summed E-state index contributed by atoms with van der Waals surface area (Å²) in [5, 5.41) is 3.00. The maximum absolute atomic E-state index is 12.5. The summed E-state index contributed by atoms with van der Waals surface area (Å²) in [6.45, 7) is 1.59. The monoisotopic (exact) mass is 719 g/mol. The van der Waals surface area contributed by atoms with E-state index in [1.807, 2.05) is 42.5 Å². The fourth-order valence-corrected chi connectivity index (χ4v) is 8.77. The molecule has 12 heteroatoms. The molecule has 0 saturated carbocycles. The molecule has 0 atom stereocenters. The number of rotatable bonds is 18. The van der Waals surface area contributed by atoms with Crippen LogP contribution in [-0.2, 0) is 31.0 Å². The Kier molecular flexibility index (Phi) is 13.2. The Morgan fingerprint density at radius 2 is 1.39 bits per heavy atom. The first-order valence-corrected chi connectivity index (χ1v) is 20.2. The Balaban J connectivity index is 1.23. The first-order chi connectivity index (χ1) is 23.7. The molecule has 2 aliphatic heterocycles. The molecule has 5 rings (SSSR count). The maximum Gasteiger partial charge on any atom is 0.264 e. The second-order valence-electron chi connectivity index (χ2n) is 11.8. The number of benzene rings is 3. The molecule has 0 saturated heterocycles. The first-order valence-electron chi connectivity index (χ1n) is 16.4. The van der Waals surface area contributed by atoms with Crippen LogP contribution in [0.4, 0.5) is 11.4 Å². The molecule has 0 bridgehead atoms. The lowest BCUT2D eigenvalue weighted by Crippen LogP contribution is -2.30. The van der Waals surface area contributed by atoms with Crippen LogP contribution < -0.4 is 10.2 Å². The van der Waals surface area contributed by atoms with Crippen molar-refractivity contribution in [1.29, 1.82) is 0 Å². The van der Waals surface area contributed by atoms with Crippen LogP contribution in [0, 0.1) is 0 Å². The molecule has 9 nitrogen and oxygen atoms in total. The molecule has 0 fully saturated rings. The average molecular weight is 720 g/mol. The van der Waals surface area contributed by atoms with Gasteiger partial charge in [-0.1, -0.05) is 73.2 Å². The lowest BCUT2D eigenvalue weighted by Gasteiger charge is -2.36. The highest BCUT2D eigenvalue weighted by Gasteiger charge is 2.28. The second kappa shape index (κ2) is 17.7. The topological polar surface area (TPSA) is 124 Å². The highest BCUT2D eigenvalue weighted by molar-refractivity contribution is 8.06. The summed E-state index contributed by atoms with van der Waals surface area (Å²) >= 11 is 3.33. The molecular formula is C37H41N3O6S3. The highest BCUT2D eigenvalue weighted by atomic mass is 32.2. The van der Waals surface area contributed by atoms with Crippen molar-refractivity contribution in [3.63, 3.8) is 0 Å². The number of imide groups is 1. The summed E-state index contributed by atoms with van der Waals surface area (Å²) in [5.74, 6) is 1.03. The van der Waals surface area contributed by atoms with Gasteiger partial charge in [0, 0.05) is 82.7 Å². The van der Waals surface area contributed by atoms with Crippen LogP contribution in [0.5, 0.6) is 0 Å². The van der Waals surface area contributed by atoms with Crippen LogP contribution in [0.1, 0.15) is 48.8 Å². The molecule has 49 heavy (non-hydrogen) atoms. The molecule has 0 spiro atoms. The second-order valence-corrected chi connectivity index (χ2v) is 15.6. The molecule has 0 radical (unpaired) electrons. The number of hydrogen-bond donors (Lipinski definition) is 2. The van der Waals surface area contributed by atoms with Gasteiger partial charge in [0.25, 0.3) is 21.9 Å². The number of anilines is 2. The van der Waals surface area contributed by atoms with Crippen molar-refractivity contribution in [2.45, 2.75) is 38.6 Å². The summed E-state index contributed by atoms with van der Waals surface area (Å²) in [5.41, 5.74) is 6.74. The van der Waals surface area contributed by atoms with Crippen LogP contribution in [0.15, 0.2) is 95.9 Å². The van der Waals surface area contributed by atoms with Crippen molar-refractivity contribution < 1.29 is 27.4 Å². The number of carbonyl (C=O) groups excluding carboxylic acids is 3. The maximum atomic E-state index is 12.5. The van der Waals surface area contributed by atoms with Gasteiger partial charge < -0.3 is 10.2 Å². The predicted octanol–water partition coefficient (Wildman–Crippen LogP) is 6.44. The third-order valence-corrected chi connectivity index (χ3v) is 11.4. The Hall–Kier alpha value is -3.84. The Labute approximate surface area is 297 Å². The smallest absolute Gasteiger partial charge is 0.264 e. The molecule has 3 aromatic carbocycles. The van der Waals surface area contributed by atoms with E-state index in [1.54, 1.807) is 23.5 Å². The zero-order valence-corrected chi connectivity index (χ0v) is 29.7. The number of amides is 3. The van der Waals surface area contributed by atoms with Crippen molar-refractivity contribution in [3.05, 3.63) is 113 Å². The zero-order chi connectivity index (χ0) is 34.6. The van der Waals surface area contributed by atoms with Crippen molar-refractivity contribution >= 4 is 68.3 Å². The molecule has 2 heterocycles. The molecule has 258 valence electrons. The van der Waals surface area contributed by atoms with Gasteiger partial charge in [0.15, 0.2) is 0 Å². The molecule has 2 aliphatic rings. The third kappa shape index (κ3) is 10.3. The number of para-hydroxylation sites is 2. The number of hydrogen-bond acceptors (Lipinski definition) is 8. The molecule has 0 unspecified atom stereocenters. The largest absolute Gasteiger partial charge is 0.355 e. The number of unbranched alkanes of at least 4 members (excludes halogenated alkanes) is 2. The minimum absolute atomic E-state index is 0.0256. The van der Waals surface area contributed by atoms with Crippen LogP contribution in [-0.4, -0.2) is 71.7 Å². The van der Waals surface area contributed by atoms with E-state index in [2.05, 4.69) is 46.6 Å². The number of fused-ring (bicyclic) bond motifs is 2. The van der Waals surface area contributed by atoms with Gasteiger partial charge in [0.05, 0.1) is 5.75 Å². The van der Waals surface area contributed by atoms with Crippen LogP contribution in [0.25, 0.3) is 5.57 Å². The van der Waals surface area contributed by atoms with Crippen LogP contribution in [0.3, 0.4) is 0 Å². The highest BCUT2D eigenvalue weighted by Crippen LogP contribution is 2.48. The van der Waals surface area contributed by atoms with E-state index in [0.717, 1.165) is 39.4 Å². The number of carbonyl (C=O) groups is 3. The van der Waals surface area contributed by atoms with Crippen molar-refractivity contribution in [2.24, 2.45) is 0 Å². The Bertz CT molecular complexity index is 1740. The van der Waals surface area contributed by atoms with E-state index in [-0.39, 0.29) is 23.5 Å². The van der Waals surface area contributed by atoms with E-state index in [4.69, 9.17) is 0 Å². The van der Waals surface area contributed by atoms with Gasteiger partial charge in [0.2, 0.25) is 5.91 Å². The number of nitrogens with zero attached hydrogens (tertiary/aromatic N) is 2. The first kappa shape index (κ1) is 36.4. The Morgan fingerprint density at radius 3 is 2.04 bits per heavy atom. The SMILES string of the molecule is O=C(CCCCCN1C(=O)C=CC1=O)NCCSCC(SCCCS(=O)(=O)O)=C1c2ccccc2N(Cc2ccccc2)c2ccccc21. The quantitative estimate of drug-likeness (QED) is 0.0868. The lowest BCUT2D eigenvalue weighted by atomic mass is 9.89. The van der Waals surface area contributed by atoms with Gasteiger partial charge in [-0.15, -0.1) is 11.8 Å². The van der Waals surface area contributed by atoms with Gasteiger partial charge >= 0.3 is 0 Å². The van der Waals surface area contributed by atoms with Gasteiger partial charge in [-0.25, -0.2) is 0 Å². The predicted molar refractivity (Wildman–Crippen MR) is 199 cm³/mol. The zero-order valence-electron chi connectivity index (χ0n) is 27.3. The van der Waals surface area contributed by atoms with Crippen LogP contribution in [0.2, 0.25) is 0 Å². The van der Waals surface area contributed by atoms with E-state index in [1.165, 1.54) is 22.6 Å². The molecule has 0 aliphatic carbocycles. The standard InChI is InChI=1S/C37H41N3O6S3/c41-34(18-5-2-10-22-39-35(42)19-20-36(39)43)38-21-24-47-27-33(48-23-11-25-49(44,45)46)37-29-14-6-8-16-31(29)40(26-28-12-3-1-4-13-28)32-17-9-7-15-30(32)37/h1,3-4,6-9,12-17,19-20H,2,5,10-11,18,21-27H2,(H,38,41)(H,44,45,46). The molecular weight excluding hydrogens is 679 g/mol. The van der Waals surface area contributed by atoms with Gasteiger partial charge in [-0.05, 0) is 42.7 Å². The molecule has 0 aromatic heterocycles. The van der Waals surface area contributed by atoms with Gasteiger partial charge in [-0.3, -0.25) is 23.8 Å². The van der Waals surface area contributed by atoms with E-state index < -0.39 is 10.1 Å². The van der Waals surface area contributed by atoms with E-state index >= 15 is 0 Å². The normalized spacial score (nSPS) is 13.9. The van der Waals surface area contributed by atoms with E-state index in [0.29, 0.717) is 62.6 Å². The van der Waals surface area contributed by atoms with Crippen LogP contribution >= 0.6 is 23.5 Å². The van der Waals surface area contributed by atoms with E-state index in [9.17, 15) is 27.4 Å². The fraction of sp³-hybridized carbons (Fsp3) is 0.324. The third-order valence-electron chi connectivity index (χ3n) is 8.20. The van der Waals surface area contributed by atoms with Crippen molar-refractivity contribution in [2.75, 3.05) is 41.0 Å². The minimum atomic E-state index is -4.05. The Morgan fingerprint density at radius 1 is 0.755 bits per heavy atom. The molecule has 3 aromatic rings. The van der Waals surface area contributed by atoms with Gasteiger partial charge in [0.1, 0.15) is 0 Å².